The largest absolute Gasteiger partial charge is 0.351 e. The Kier molecular flexibility index (Phi) is 7.72. The van der Waals surface area contributed by atoms with Crippen LogP contribution in [0.15, 0.2) is 24.3 Å². The van der Waals surface area contributed by atoms with E-state index in [2.05, 4.69) is 43.4 Å². The summed E-state index contributed by atoms with van der Waals surface area (Å²) in [7, 11) is 0. The molecule has 0 amide bonds. The van der Waals surface area contributed by atoms with Crippen molar-refractivity contribution in [3.05, 3.63) is 35.4 Å². The standard InChI is InChI=1S/C16H27NO2/c1-5-12-17-15(16(18-6-2)19-7-3)14-10-8-13(4)9-11-14/h8-11,15-17H,5-7,12H2,1-4H3. The molecule has 3 nitrogen and oxygen atoms in total. The molecule has 19 heavy (non-hydrogen) atoms. The van der Waals surface area contributed by atoms with E-state index in [0.717, 1.165) is 13.0 Å². The van der Waals surface area contributed by atoms with Gasteiger partial charge in [-0.15, -0.1) is 0 Å². The third-order valence-electron chi connectivity index (χ3n) is 2.98. The smallest absolute Gasteiger partial charge is 0.176 e. The van der Waals surface area contributed by atoms with Crippen LogP contribution in [0, 0.1) is 6.92 Å². The lowest BCUT2D eigenvalue weighted by atomic mass is 10.0. The molecule has 0 aliphatic carbocycles. The van der Waals surface area contributed by atoms with Crippen molar-refractivity contribution in [1.82, 2.24) is 5.32 Å². The maximum Gasteiger partial charge on any atom is 0.176 e. The first-order chi connectivity index (χ1) is 9.22. The van der Waals surface area contributed by atoms with E-state index < -0.39 is 0 Å². The molecule has 1 atom stereocenters. The van der Waals surface area contributed by atoms with E-state index in [9.17, 15) is 0 Å². The molecule has 1 unspecified atom stereocenters. The summed E-state index contributed by atoms with van der Waals surface area (Å²) in [5.74, 6) is 0. The van der Waals surface area contributed by atoms with Crippen LogP contribution in [-0.4, -0.2) is 26.0 Å². The number of nitrogens with one attached hydrogen (secondary N) is 1. The molecular formula is C16H27NO2. The molecule has 108 valence electrons. The van der Waals surface area contributed by atoms with Gasteiger partial charge in [0.05, 0.1) is 6.04 Å². The van der Waals surface area contributed by atoms with Crippen molar-refractivity contribution in [3.8, 4) is 0 Å². The van der Waals surface area contributed by atoms with E-state index in [0.29, 0.717) is 13.2 Å². The Morgan fingerprint density at radius 3 is 2.05 bits per heavy atom. The van der Waals surface area contributed by atoms with Gasteiger partial charge in [-0.3, -0.25) is 0 Å². The lowest BCUT2D eigenvalue weighted by Crippen LogP contribution is -2.36. The molecule has 1 N–H and O–H groups in total. The minimum absolute atomic E-state index is 0.0837. The Labute approximate surface area is 117 Å². The Balaban J connectivity index is 2.86. The Hall–Kier alpha value is -0.900. The van der Waals surface area contributed by atoms with Gasteiger partial charge in [0, 0.05) is 13.2 Å². The zero-order valence-electron chi connectivity index (χ0n) is 12.6. The molecule has 0 saturated carbocycles. The van der Waals surface area contributed by atoms with Crippen LogP contribution in [0.2, 0.25) is 0 Å². The van der Waals surface area contributed by atoms with Gasteiger partial charge in [0.2, 0.25) is 0 Å². The summed E-state index contributed by atoms with van der Waals surface area (Å²) in [5.41, 5.74) is 2.48. The summed E-state index contributed by atoms with van der Waals surface area (Å²) in [6.07, 6.45) is 0.858. The molecule has 1 aromatic rings. The fraction of sp³-hybridized carbons (Fsp3) is 0.625. The Morgan fingerprint density at radius 1 is 1.00 bits per heavy atom. The molecule has 0 saturated heterocycles. The summed E-state index contributed by atoms with van der Waals surface area (Å²) < 4.78 is 11.5. The maximum absolute atomic E-state index is 5.74. The van der Waals surface area contributed by atoms with Crippen molar-refractivity contribution >= 4 is 0 Å². The second kappa shape index (κ2) is 9.08. The number of hydrogen-bond acceptors (Lipinski definition) is 3. The van der Waals surface area contributed by atoms with Crippen LogP contribution in [0.1, 0.15) is 44.4 Å². The van der Waals surface area contributed by atoms with Gasteiger partial charge < -0.3 is 14.8 Å². The Bertz CT molecular complexity index is 331. The predicted octanol–water partition coefficient (Wildman–Crippen LogP) is 3.43. The molecule has 1 rings (SSSR count). The van der Waals surface area contributed by atoms with Crippen LogP contribution in [0.25, 0.3) is 0 Å². The highest BCUT2D eigenvalue weighted by Crippen LogP contribution is 2.21. The predicted molar refractivity (Wildman–Crippen MR) is 79.3 cm³/mol. The van der Waals surface area contributed by atoms with E-state index >= 15 is 0 Å². The average Bonchev–Trinajstić information content (AvgIpc) is 2.41. The molecule has 0 heterocycles. The van der Waals surface area contributed by atoms with Crippen molar-refractivity contribution < 1.29 is 9.47 Å². The fourth-order valence-electron chi connectivity index (χ4n) is 2.01. The minimum Gasteiger partial charge on any atom is -0.351 e. The summed E-state index contributed by atoms with van der Waals surface area (Å²) in [4.78, 5) is 0. The van der Waals surface area contributed by atoms with Gasteiger partial charge in [0.15, 0.2) is 6.29 Å². The van der Waals surface area contributed by atoms with Crippen molar-refractivity contribution in [2.45, 2.75) is 46.4 Å². The Morgan fingerprint density at radius 2 is 1.58 bits per heavy atom. The van der Waals surface area contributed by atoms with E-state index in [-0.39, 0.29) is 12.3 Å². The molecule has 0 bridgehead atoms. The lowest BCUT2D eigenvalue weighted by Gasteiger charge is -2.28. The van der Waals surface area contributed by atoms with E-state index in [1.807, 2.05) is 13.8 Å². The lowest BCUT2D eigenvalue weighted by molar-refractivity contribution is -0.155. The number of hydrogen-bond donors (Lipinski definition) is 1. The molecule has 0 aliphatic heterocycles. The van der Waals surface area contributed by atoms with Gasteiger partial charge in [-0.05, 0) is 39.3 Å². The van der Waals surface area contributed by atoms with Gasteiger partial charge >= 0.3 is 0 Å². The highest BCUT2D eigenvalue weighted by molar-refractivity contribution is 5.24. The quantitative estimate of drug-likeness (QED) is 0.694. The molecule has 1 aromatic carbocycles. The second-order valence-electron chi connectivity index (χ2n) is 4.62. The van der Waals surface area contributed by atoms with E-state index in [1.54, 1.807) is 0 Å². The first-order valence-corrected chi connectivity index (χ1v) is 7.26. The van der Waals surface area contributed by atoms with Crippen molar-refractivity contribution in [3.63, 3.8) is 0 Å². The van der Waals surface area contributed by atoms with Crippen LogP contribution >= 0.6 is 0 Å². The molecular weight excluding hydrogens is 238 g/mol. The third-order valence-corrected chi connectivity index (χ3v) is 2.98. The van der Waals surface area contributed by atoms with Crippen molar-refractivity contribution in [2.24, 2.45) is 0 Å². The van der Waals surface area contributed by atoms with Crippen LogP contribution in [0.3, 0.4) is 0 Å². The summed E-state index contributed by atoms with van der Waals surface area (Å²) in [6.45, 7) is 10.5. The molecule has 0 spiro atoms. The third kappa shape index (κ3) is 5.31. The minimum atomic E-state index is -0.232. The van der Waals surface area contributed by atoms with Gasteiger partial charge in [-0.25, -0.2) is 0 Å². The first-order valence-electron chi connectivity index (χ1n) is 7.26. The van der Waals surface area contributed by atoms with Crippen LogP contribution in [0.4, 0.5) is 0 Å². The van der Waals surface area contributed by atoms with E-state index in [1.165, 1.54) is 11.1 Å². The number of aryl methyl sites for hydroxylation is 1. The number of benzene rings is 1. The van der Waals surface area contributed by atoms with Gasteiger partial charge in [0.25, 0.3) is 0 Å². The van der Waals surface area contributed by atoms with Crippen LogP contribution in [-0.2, 0) is 9.47 Å². The maximum atomic E-state index is 5.74. The van der Waals surface area contributed by atoms with Gasteiger partial charge in [0.1, 0.15) is 0 Å². The molecule has 0 aromatic heterocycles. The number of rotatable bonds is 9. The first kappa shape index (κ1) is 16.2. The topological polar surface area (TPSA) is 30.5 Å². The number of ether oxygens (including phenoxy) is 2. The average molecular weight is 265 g/mol. The second-order valence-corrected chi connectivity index (χ2v) is 4.62. The zero-order chi connectivity index (χ0) is 14.1. The summed E-state index contributed by atoms with van der Waals surface area (Å²) >= 11 is 0. The normalized spacial score (nSPS) is 12.9. The van der Waals surface area contributed by atoms with Crippen LogP contribution < -0.4 is 5.32 Å². The molecule has 0 fully saturated rings. The SMILES string of the molecule is CCCNC(c1ccc(C)cc1)C(OCC)OCC. The van der Waals surface area contributed by atoms with Crippen molar-refractivity contribution in [2.75, 3.05) is 19.8 Å². The molecule has 3 heteroatoms. The molecule has 0 radical (unpaired) electrons. The highest BCUT2D eigenvalue weighted by Gasteiger charge is 2.23. The van der Waals surface area contributed by atoms with E-state index in [4.69, 9.17) is 9.47 Å². The fourth-order valence-corrected chi connectivity index (χ4v) is 2.01. The van der Waals surface area contributed by atoms with Gasteiger partial charge in [-0.2, -0.15) is 0 Å². The monoisotopic (exact) mass is 265 g/mol. The van der Waals surface area contributed by atoms with Gasteiger partial charge in [-0.1, -0.05) is 36.8 Å². The summed E-state index contributed by atoms with van der Waals surface area (Å²) in [6, 6.07) is 8.64. The zero-order valence-corrected chi connectivity index (χ0v) is 12.6. The highest BCUT2D eigenvalue weighted by atomic mass is 16.7. The van der Waals surface area contributed by atoms with Crippen LogP contribution in [0.5, 0.6) is 0 Å². The van der Waals surface area contributed by atoms with Crippen molar-refractivity contribution in [1.29, 1.82) is 0 Å². The summed E-state index contributed by atoms with van der Waals surface area (Å²) in [5, 5.41) is 3.52. The molecule has 0 aliphatic rings.